The summed E-state index contributed by atoms with van der Waals surface area (Å²) in [6, 6.07) is 8.07. The van der Waals surface area contributed by atoms with Gasteiger partial charge in [0.1, 0.15) is 0 Å². The van der Waals surface area contributed by atoms with Crippen LogP contribution in [0.1, 0.15) is 43.9 Å². The molecule has 0 aromatic heterocycles. The van der Waals surface area contributed by atoms with E-state index in [2.05, 4.69) is 23.5 Å². The molecule has 0 bridgehead atoms. The lowest BCUT2D eigenvalue weighted by Crippen LogP contribution is -2.45. The number of aryl methyl sites for hydroxylation is 1. The summed E-state index contributed by atoms with van der Waals surface area (Å²) in [4.78, 5) is 12.0. The standard InChI is InChI=1S/C15H22N2O.ClH/c1-10(2)14(16)15(18)17-13-9-5-7-11-6-3-4-8-12(11)13;/h3-4,6,8,10,13-14H,5,7,9,16H2,1-2H3,(H,17,18);1H/t13-,14-;/m1./s1. The molecule has 1 aliphatic rings. The minimum Gasteiger partial charge on any atom is -0.348 e. The summed E-state index contributed by atoms with van der Waals surface area (Å²) in [5.41, 5.74) is 8.50. The first-order valence-electron chi connectivity index (χ1n) is 6.73. The van der Waals surface area contributed by atoms with Gasteiger partial charge in [0, 0.05) is 0 Å². The van der Waals surface area contributed by atoms with Crippen LogP contribution in [0.3, 0.4) is 0 Å². The van der Waals surface area contributed by atoms with Crippen molar-refractivity contribution < 1.29 is 4.79 Å². The van der Waals surface area contributed by atoms with Crippen molar-refractivity contribution in [3.63, 3.8) is 0 Å². The molecule has 1 amide bonds. The van der Waals surface area contributed by atoms with Crippen LogP contribution in [0.4, 0.5) is 0 Å². The van der Waals surface area contributed by atoms with Gasteiger partial charge in [0.15, 0.2) is 0 Å². The highest BCUT2D eigenvalue weighted by atomic mass is 35.5. The van der Waals surface area contributed by atoms with Crippen LogP contribution in [-0.2, 0) is 11.2 Å². The fourth-order valence-electron chi connectivity index (χ4n) is 2.47. The van der Waals surface area contributed by atoms with E-state index in [0.29, 0.717) is 0 Å². The van der Waals surface area contributed by atoms with Gasteiger partial charge in [0.25, 0.3) is 0 Å². The van der Waals surface area contributed by atoms with E-state index in [1.54, 1.807) is 0 Å². The Kier molecular flexibility index (Phi) is 5.83. The van der Waals surface area contributed by atoms with Crippen molar-refractivity contribution in [2.24, 2.45) is 11.7 Å². The normalized spacial score (nSPS) is 19.3. The monoisotopic (exact) mass is 282 g/mol. The quantitative estimate of drug-likeness (QED) is 0.895. The molecule has 0 spiro atoms. The molecule has 1 aromatic rings. The molecule has 0 radical (unpaired) electrons. The molecular formula is C15H23ClN2O. The van der Waals surface area contributed by atoms with Gasteiger partial charge in [-0.15, -0.1) is 12.4 Å². The zero-order valence-corrected chi connectivity index (χ0v) is 12.4. The van der Waals surface area contributed by atoms with E-state index >= 15 is 0 Å². The third-order valence-corrected chi connectivity index (χ3v) is 3.71. The summed E-state index contributed by atoms with van der Waals surface area (Å²) in [5, 5.41) is 3.09. The molecule has 1 aromatic carbocycles. The summed E-state index contributed by atoms with van der Waals surface area (Å²) in [7, 11) is 0. The van der Waals surface area contributed by atoms with Crippen molar-refractivity contribution in [1.29, 1.82) is 0 Å². The molecule has 0 saturated heterocycles. The lowest BCUT2D eigenvalue weighted by molar-refractivity contribution is -0.124. The van der Waals surface area contributed by atoms with Gasteiger partial charge in [-0.25, -0.2) is 0 Å². The Bertz CT molecular complexity index is 434. The van der Waals surface area contributed by atoms with E-state index in [4.69, 9.17) is 5.73 Å². The molecule has 19 heavy (non-hydrogen) atoms. The third kappa shape index (κ3) is 3.71. The maximum absolute atomic E-state index is 12.0. The molecule has 106 valence electrons. The van der Waals surface area contributed by atoms with Crippen LogP contribution in [0.5, 0.6) is 0 Å². The van der Waals surface area contributed by atoms with E-state index in [1.807, 2.05) is 19.9 Å². The van der Waals surface area contributed by atoms with Crippen molar-refractivity contribution in [1.82, 2.24) is 5.32 Å². The van der Waals surface area contributed by atoms with E-state index in [9.17, 15) is 4.79 Å². The van der Waals surface area contributed by atoms with Crippen LogP contribution < -0.4 is 11.1 Å². The zero-order valence-electron chi connectivity index (χ0n) is 11.6. The molecule has 0 heterocycles. The number of halogens is 1. The van der Waals surface area contributed by atoms with Crippen molar-refractivity contribution in [3.8, 4) is 0 Å². The average Bonchev–Trinajstić information content (AvgIpc) is 2.38. The van der Waals surface area contributed by atoms with Gasteiger partial charge >= 0.3 is 0 Å². The molecule has 2 rings (SSSR count). The van der Waals surface area contributed by atoms with Crippen LogP contribution in [0.15, 0.2) is 24.3 Å². The van der Waals surface area contributed by atoms with Gasteiger partial charge in [0.2, 0.25) is 5.91 Å². The zero-order chi connectivity index (χ0) is 13.1. The molecule has 2 atom stereocenters. The van der Waals surface area contributed by atoms with Crippen molar-refractivity contribution in [3.05, 3.63) is 35.4 Å². The van der Waals surface area contributed by atoms with Crippen molar-refractivity contribution in [2.75, 3.05) is 0 Å². The number of nitrogens with one attached hydrogen (secondary N) is 1. The Morgan fingerprint density at radius 2 is 2.05 bits per heavy atom. The summed E-state index contributed by atoms with van der Waals surface area (Å²) in [6.45, 7) is 3.94. The van der Waals surface area contributed by atoms with Gasteiger partial charge < -0.3 is 11.1 Å². The molecule has 3 N–H and O–H groups in total. The Morgan fingerprint density at radius 3 is 2.74 bits per heavy atom. The molecule has 0 saturated carbocycles. The Balaban J connectivity index is 0.00000180. The topological polar surface area (TPSA) is 55.1 Å². The summed E-state index contributed by atoms with van der Waals surface area (Å²) in [6.07, 6.45) is 3.24. The molecule has 0 fully saturated rings. The molecular weight excluding hydrogens is 260 g/mol. The number of fused-ring (bicyclic) bond motifs is 1. The number of rotatable bonds is 3. The summed E-state index contributed by atoms with van der Waals surface area (Å²) in [5.74, 6) is 0.135. The highest BCUT2D eigenvalue weighted by Crippen LogP contribution is 2.29. The number of amides is 1. The third-order valence-electron chi connectivity index (χ3n) is 3.71. The number of nitrogens with two attached hydrogens (primary N) is 1. The number of carbonyl (C=O) groups is 1. The largest absolute Gasteiger partial charge is 0.348 e. The second kappa shape index (κ2) is 6.92. The molecule has 0 aliphatic heterocycles. The maximum atomic E-state index is 12.0. The van der Waals surface area contributed by atoms with Gasteiger partial charge in [-0.1, -0.05) is 38.1 Å². The minimum absolute atomic E-state index is 0. The average molecular weight is 283 g/mol. The van der Waals surface area contributed by atoms with Crippen LogP contribution in [-0.4, -0.2) is 11.9 Å². The Labute approximate surface area is 121 Å². The van der Waals surface area contributed by atoms with Crippen LogP contribution in [0, 0.1) is 5.92 Å². The molecule has 4 heteroatoms. The molecule has 1 aliphatic carbocycles. The van der Waals surface area contributed by atoms with Gasteiger partial charge in [-0.3, -0.25) is 4.79 Å². The smallest absolute Gasteiger partial charge is 0.237 e. The number of hydrogen-bond acceptors (Lipinski definition) is 2. The Morgan fingerprint density at radius 1 is 1.37 bits per heavy atom. The highest BCUT2D eigenvalue weighted by molar-refractivity contribution is 5.85. The predicted molar refractivity (Wildman–Crippen MR) is 80.3 cm³/mol. The maximum Gasteiger partial charge on any atom is 0.237 e. The first-order chi connectivity index (χ1) is 8.59. The van der Waals surface area contributed by atoms with E-state index < -0.39 is 6.04 Å². The van der Waals surface area contributed by atoms with Crippen LogP contribution in [0.25, 0.3) is 0 Å². The lowest BCUT2D eigenvalue weighted by Gasteiger charge is -2.28. The summed E-state index contributed by atoms with van der Waals surface area (Å²) < 4.78 is 0. The second-order valence-corrected chi connectivity index (χ2v) is 5.42. The first-order valence-corrected chi connectivity index (χ1v) is 6.73. The first kappa shape index (κ1) is 16.0. The van der Waals surface area contributed by atoms with Crippen molar-refractivity contribution >= 4 is 18.3 Å². The van der Waals surface area contributed by atoms with Gasteiger partial charge in [-0.2, -0.15) is 0 Å². The minimum atomic E-state index is -0.418. The molecule has 0 unspecified atom stereocenters. The summed E-state index contributed by atoms with van der Waals surface area (Å²) >= 11 is 0. The fourth-order valence-corrected chi connectivity index (χ4v) is 2.47. The lowest BCUT2D eigenvalue weighted by atomic mass is 9.87. The van der Waals surface area contributed by atoms with Crippen LogP contribution in [0.2, 0.25) is 0 Å². The number of carbonyl (C=O) groups excluding carboxylic acids is 1. The SMILES string of the molecule is CC(C)[C@@H](N)C(=O)N[C@@H]1CCCc2ccccc21.Cl. The molecule has 3 nitrogen and oxygen atoms in total. The van der Waals surface area contributed by atoms with E-state index in [-0.39, 0.29) is 30.3 Å². The van der Waals surface area contributed by atoms with Crippen LogP contribution >= 0.6 is 12.4 Å². The second-order valence-electron chi connectivity index (χ2n) is 5.42. The van der Waals surface area contributed by atoms with Gasteiger partial charge in [0.05, 0.1) is 12.1 Å². The van der Waals surface area contributed by atoms with Crippen molar-refractivity contribution in [2.45, 2.75) is 45.2 Å². The fraction of sp³-hybridized carbons (Fsp3) is 0.533. The number of benzene rings is 1. The van der Waals surface area contributed by atoms with Gasteiger partial charge in [-0.05, 0) is 36.3 Å². The predicted octanol–water partition coefficient (Wildman–Crippen LogP) is 2.59. The number of hydrogen-bond donors (Lipinski definition) is 2. The van der Waals surface area contributed by atoms with E-state index in [1.165, 1.54) is 11.1 Å². The Hall–Kier alpha value is -1.06. The highest BCUT2D eigenvalue weighted by Gasteiger charge is 2.24. The van der Waals surface area contributed by atoms with E-state index in [0.717, 1.165) is 19.3 Å².